The Bertz CT molecular complexity index is 775. The standard InChI is InChI=1S/C15H10F3NO4S/c16-15(17,18)10-3-6-12(14(20)21)13(7-10)24-8-9-1-4-11(5-2-9)19(22)23/h1-7H,8H2,(H,20,21). The van der Waals surface area contributed by atoms with E-state index in [1.54, 1.807) is 0 Å². The first kappa shape index (κ1) is 17.8. The molecule has 1 N–H and O–H groups in total. The number of carboxylic acid groups (broad SMARTS) is 1. The summed E-state index contributed by atoms with van der Waals surface area (Å²) in [5.74, 6) is -1.14. The number of alkyl halides is 3. The van der Waals surface area contributed by atoms with Gasteiger partial charge in [-0.3, -0.25) is 10.1 Å². The van der Waals surface area contributed by atoms with E-state index in [0.717, 1.165) is 30.0 Å². The van der Waals surface area contributed by atoms with E-state index < -0.39 is 22.6 Å². The van der Waals surface area contributed by atoms with Crippen molar-refractivity contribution in [2.75, 3.05) is 0 Å². The van der Waals surface area contributed by atoms with Crippen LogP contribution in [0.5, 0.6) is 0 Å². The Morgan fingerprint density at radius 1 is 1.17 bits per heavy atom. The molecule has 0 saturated heterocycles. The van der Waals surface area contributed by atoms with Crippen molar-refractivity contribution in [3.63, 3.8) is 0 Å². The van der Waals surface area contributed by atoms with Crippen LogP contribution in [-0.2, 0) is 11.9 Å². The molecule has 2 aromatic rings. The highest BCUT2D eigenvalue weighted by molar-refractivity contribution is 7.98. The van der Waals surface area contributed by atoms with Gasteiger partial charge >= 0.3 is 12.1 Å². The number of nitro benzene ring substituents is 1. The third kappa shape index (κ3) is 4.25. The van der Waals surface area contributed by atoms with Crippen LogP contribution in [-0.4, -0.2) is 16.0 Å². The molecular formula is C15H10F3NO4S. The lowest BCUT2D eigenvalue weighted by Crippen LogP contribution is -2.07. The first-order valence-electron chi connectivity index (χ1n) is 6.49. The Morgan fingerprint density at radius 3 is 2.29 bits per heavy atom. The molecule has 0 saturated carbocycles. The molecule has 0 fully saturated rings. The summed E-state index contributed by atoms with van der Waals surface area (Å²) in [7, 11) is 0. The lowest BCUT2D eigenvalue weighted by Gasteiger charge is -2.11. The Hall–Kier alpha value is -2.55. The van der Waals surface area contributed by atoms with Crippen LogP contribution in [0, 0.1) is 10.1 Å². The van der Waals surface area contributed by atoms with Crippen molar-refractivity contribution in [3.05, 3.63) is 69.3 Å². The monoisotopic (exact) mass is 357 g/mol. The zero-order valence-electron chi connectivity index (χ0n) is 11.9. The van der Waals surface area contributed by atoms with Crippen LogP contribution in [0.4, 0.5) is 18.9 Å². The molecule has 126 valence electrons. The predicted octanol–water partition coefficient (Wildman–Crippen LogP) is 4.60. The average Bonchev–Trinajstić information content (AvgIpc) is 2.52. The number of nitro groups is 1. The Labute approximate surface area is 138 Å². The van der Waals surface area contributed by atoms with Gasteiger partial charge in [0.25, 0.3) is 5.69 Å². The fourth-order valence-electron chi connectivity index (χ4n) is 1.87. The number of non-ortho nitro benzene ring substituents is 1. The quantitative estimate of drug-likeness (QED) is 0.480. The van der Waals surface area contributed by atoms with Crippen molar-refractivity contribution in [2.45, 2.75) is 16.8 Å². The van der Waals surface area contributed by atoms with E-state index in [2.05, 4.69) is 0 Å². The number of carboxylic acids is 1. The second kappa shape index (κ2) is 6.91. The van der Waals surface area contributed by atoms with Gasteiger partial charge in [-0.1, -0.05) is 12.1 Å². The van der Waals surface area contributed by atoms with Gasteiger partial charge in [0.05, 0.1) is 16.1 Å². The van der Waals surface area contributed by atoms with Gasteiger partial charge in [0.2, 0.25) is 0 Å². The lowest BCUT2D eigenvalue weighted by atomic mass is 10.1. The molecular weight excluding hydrogens is 347 g/mol. The number of halogens is 3. The van der Waals surface area contributed by atoms with Gasteiger partial charge in [-0.15, -0.1) is 11.8 Å². The number of carbonyl (C=O) groups is 1. The van der Waals surface area contributed by atoms with E-state index in [1.165, 1.54) is 24.3 Å². The van der Waals surface area contributed by atoms with Crippen molar-refractivity contribution < 1.29 is 28.0 Å². The predicted molar refractivity (Wildman–Crippen MR) is 81.1 cm³/mol. The summed E-state index contributed by atoms with van der Waals surface area (Å²) in [6.07, 6.45) is -4.57. The van der Waals surface area contributed by atoms with Gasteiger partial charge in [0.1, 0.15) is 0 Å². The van der Waals surface area contributed by atoms with Crippen LogP contribution in [0.3, 0.4) is 0 Å². The van der Waals surface area contributed by atoms with Crippen LogP contribution < -0.4 is 0 Å². The molecule has 0 spiro atoms. The van der Waals surface area contributed by atoms with Crippen LogP contribution in [0.15, 0.2) is 47.4 Å². The van der Waals surface area contributed by atoms with E-state index in [4.69, 9.17) is 5.11 Å². The van der Waals surface area contributed by atoms with Crippen molar-refractivity contribution >= 4 is 23.4 Å². The van der Waals surface area contributed by atoms with Crippen molar-refractivity contribution in [1.82, 2.24) is 0 Å². The minimum absolute atomic E-state index is 0.0179. The SMILES string of the molecule is O=C(O)c1ccc(C(F)(F)F)cc1SCc1ccc([N+](=O)[O-])cc1. The molecule has 0 aliphatic carbocycles. The van der Waals surface area contributed by atoms with Crippen molar-refractivity contribution in [1.29, 1.82) is 0 Å². The maximum absolute atomic E-state index is 12.8. The molecule has 0 bridgehead atoms. The van der Waals surface area contributed by atoms with E-state index >= 15 is 0 Å². The second-order valence-corrected chi connectivity index (χ2v) is 5.74. The number of aromatic carboxylic acids is 1. The third-order valence-corrected chi connectivity index (χ3v) is 4.21. The van der Waals surface area contributed by atoms with Crippen LogP contribution in [0.2, 0.25) is 0 Å². The number of hydrogen-bond acceptors (Lipinski definition) is 4. The topological polar surface area (TPSA) is 80.4 Å². The first-order chi connectivity index (χ1) is 11.2. The van der Waals surface area contributed by atoms with Gasteiger partial charge in [-0.2, -0.15) is 13.2 Å². The summed E-state index contributed by atoms with van der Waals surface area (Å²) in [5.41, 5.74) is -0.637. The zero-order valence-corrected chi connectivity index (χ0v) is 12.7. The third-order valence-electron chi connectivity index (χ3n) is 3.08. The molecule has 0 aliphatic rings. The highest BCUT2D eigenvalue weighted by Gasteiger charge is 2.31. The number of nitrogens with zero attached hydrogens (tertiary/aromatic N) is 1. The molecule has 0 radical (unpaired) electrons. The van der Waals surface area contributed by atoms with Crippen LogP contribution >= 0.6 is 11.8 Å². The van der Waals surface area contributed by atoms with E-state index in [9.17, 15) is 28.1 Å². The maximum Gasteiger partial charge on any atom is 0.416 e. The number of hydrogen-bond donors (Lipinski definition) is 1. The van der Waals surface area contributed by atoms with Gasteiger partial charge in [0, 0.05) is 22.8 Å². The lowest BCUT2D eigenvalue weighted by molar-refractivity contribution is -0.384. The molecule has 9 heteroatoms. The Morgan fingerprint density at radius 2 is 1.79 bits per heavy atom. The number of rotatable bonds is 5. The molecule has 0 aliphatic heterocycles. The summed E-state index contributed by atoms with van der Waals surface area (Å²) in [4.78, 5) is 21.1. The van der Waals surface area contributed by atoms with E-state index in [1.807, 2.05) is 0 Å². The van der Waals surface area contributed by atoms with Gasteiger partial charge in [0.15, 0.2) is 0 Å². The van der Waals surface area contributed by atoms with E-state index in [0.29, 0.717) is 5.56 Å². The smallest absolute Gasteiger partial charge is 0.416 e. The molecule has 24 heavy (non-hydrogen) atoms. The first-order valence-corrected chi connectivity index (χ1v) is 7.47. The summed E-state index contributed by atoms with van der Waals surface area (Å²) in [6, 6.07) is 7.93. The Balaban J connectivity index is 2.24. The largest absolute Gasteiger partial charge is 0.478 e. The molecule has 0 aromatic heterocycles. The maximum atomic E-state index is 12.8. The molecule has 5 nitrogen and oxygen atoms in total. The summed E-state index contributed by atoms with van der Waals surface area (Å²) in [5, 5.41) is 19.7. The molecule has 2 rings (SSSR count). The number of thioether (sulfide) groups is 1. The Kier molecular flexibility index (Phi) is 5.13. The zero-order chi connectivity index (χ0) is 17.9. The van der Waals surface area contributed by atoms with Crippen molar-refractivity contribution in [3.8, 4) is 0 Å². The molecule has 0 unspecified atom stereocenters. The molecule has 0 heterocycles. The highest BCUT2D eigenvalue weighted by Crippen LogP contribution is 2.35. The van der Waals surface area contributed by atoms with E-state index in [-0.39, 0.29) is 21.9 Å². The fraction of sp³-hybridized carbons (Fsp3) is 0.133. The van der Waals surface area contributed by atoms with Crippen molar-refractivity contribution in [2.24, 2.45) is 0 Å². The average molecular weight is 357 g/mol. The molecule has 2 aromatic carbocycles. The summed E-state index contributed by atoms with van der Waals surface area (Å²) < 4.78 is 38.3. The highest BCUT2D eigenvalue weighted by atomic mass is 32.2. The summed E-state index contributed by atoms with van der Waals surface area (Å²) >= 11 is 0.922. The molecule has 0 amide bonds. The van der Waals surface area contributed by atoms with Gasteiger partial charge < -0.3 is 5.11 Å². The minimum atomic E-state index is -4.57. The normalized spacial score (nSPS) is 11.3. The molecule has 0 atom stereocenters. The van der Waals surface area contributed by atoms with Crippen LogP contribution in [0.25, 0.3) is 0 Å². The van der Waals surface area contributed by atoms with Crippen LogP contribution in [0.1, 0.15) is 21.5 Å². The fourth-order valence-corrected chi connectivity index (χ4v) is 2.91. The van der Waals surface area contributed by atoms with Gasteiger partial charge in [-0.05, 0) is 23.8 Å². The minimum Gasteiger partial charge on any atom is -0.478 e. The summed E-state index contributed by atoms with van der Waals surface area (Å²) in [6.45, 7) is 0. The second-order valence-electron chi connectivity index (χ2n) is 4.73. The number of benzene rings is 2. The van der Waals surface area contributed by atoms with Gasteiger partial charge in [-0.25, -0.2) is 4.79 Å².